The minimum atomic E-state index is -0.107. The lowest BCUT2D eigenvalue weighted by Crippen LogP contribution is -2.55. The van der Waals surface area contributed by atoms with Crippen LogP contribution in [0.15, 0.2) is 358 Å². The number of hydrogen-bond acceptors (Lipinski definition) is 2. The first kappa shape index (κ1) is 71.9. The van der Waals surface area contributed by atoms with Crippen LogP contribution in [0.2, 0.25) is 0 Å². The molecule has 123 heavy (non-hydrogen) atoms. The first-order chi connectivity index (χ1) is 60.4. The highest BCUT2D eigenvalue weighted by Gasteiger charge is 2.63. The van der Waals surface area contributed by atoms with Crippen molar-refractivity contribution >= 4 is 66.7 Å². The van der Waals surface area contributed by atoms with Gasteiger partial charge in [-0.05, 0) is 336 Å². The van der Waals surface area contributed by atoms with Gasteiger partial charge in [-0.15, -0.1) is 0 Å². The third-order valence-corrected chi connectivity index (χ3v) is 32.8. The monoisotopic (exact) mass is 1580 g/mol. The van der Waals surface area contributed by atoms with Crippen molar-refractivity contribution in [2.24, 2.45) is 47.3 Å². The highest BCUT2D eigenvalue weighted by atomic mass is 15.2. The van der Waals surface area contributed by atoms with Gasteiger partial charge in [0.15, 0.2) is 0 Å². The van der Waals surface area contributed by atoms with Crippen LogP contribution in [0.4, 0.5) is 34.1 Å². The lowest BCUT2D eigenvalue weighted by atomic mass is 9.43. The topological polar surface area (TPSA) is 11.4 Å². The van der Waals surface area contributed by atoms with Crippen LogP contribution in [-0.4, -0.2) is 4.57 Å². The Morgan fingerprint density at radius 1 is 0.220 bits per heavy atom. The van der Waals surface area contributed by atoms with E-state index in [1.54, 1.807) is 22.3 Å². The molecule has 16 aromatic carbocycles. The lowest BCUT2D eigenvalue weighted by Gasteiger charge is -2.61. The summed E-state index contributed by atoms with van der Waals surface area (Å²) in [5.74, 6) is 6.91. The van der Waals surface area contributed by atoms with Gasteiger partial charge in [0.1, 0.15) is 0 Å². The molecule has 0 radical (unpaired) electrons. The number of nitrogens with zero attached hydrogens (tertiary/aromatic N) is 3. The lowest BCUT2D eigenvalue weighted by molar-refractivity contribution is -0.0399. The molecule has 0 amide bonds. The summed E-state index contributed by atoms with van der Waals surface area (Å²) < 4.78 is 2.43. The molecule has 17 aromatic rings. The van der Waals surface area contributed by atoms with E-state index in [9.17, 15) is 0 Å². The Balaban J connectivity index is 0.000000132. The van der Waals surface area contributed by atoms with Gasteiger partial charge in [0, 0.05) is 71.9 Å². The normalized spacial score (nSPS) is 23.2. The maximum atomic E-state index is 2.55. The van der Waals surface area contributed by atoms with Crippen molar-refractivity contribution in [1.29, 1.82) is 0 Å². The Morgan fingerprint density at radius 3 is 1.07 bits per heavy atom. The Labute approximate surface area is 723 Å². The van der Waals surface area contributed by atoms with Gasteiger partial charge in [0.05, 0.1) is 16.7 Å². The number of rotatable bonds is 10. The maximum Gasteiger partial charge on any atom is 0.0541 e. The van der Waals surface area contributed by atoms with Crippen LogP contribution in [-0.2, 0) is 21.7 Å². The third kappa shape index (κ3) is 10.4. The van der Waals surface area contributed by atoms with Crippen molar-refractivity contribution in [3.05, 3.63) is 402 Å². The predicted molar refractivity (Wildman–Crippen MR) is 512 cm³/mol. The molecule has 12 aliphatic rings. The molecule has 1 aromatic heterocycles. The summed E-state index contributed by atoms with van der Waals surface area (Å²) in [5.41, 5.74) is 41.7. The molecule has 2 spiro atoms. The Morgan fingerprint density at radius 2 is 0.577 bits per heavy atom. The van der Waals surface area contributed by atoms with E-state index in [2.05, 4.69) is 400 Å². The zero-order valence-corrected chi connectivity index (χ0v) is 70.6. The maximum absolute atomic E-state index is 2.55. The molecule has 29 rings (SSSR count). The smallest absolute Gasteiger partial charge is 0.0541 e. The standard InChI is InChI=1S/C61H50N2.C59H49N/c1-60(2)54-18-7-3-14-48(54)50-28-27-47(37-57(50)60)62(45-12-11-13-46(36-45)63-58-20-9-5-16-51(58)52-17-6-10-21-59(52)63)44-25-22-40(23-26-44)41-24-29-56-53(35-41)49-15-4-8-19-55(49)61(56)42-31-38-30-39(33-42)34-43(61)32-38;1-58(2)53-18-10-8-15-48(53)50-26-25-45(36-56(50)58)60(57-29-27-46(40-12-4-3-5-13-40)47-14-6-7-17-51(47)57)44-23-20-39(21-24-44)41-22-28-55-52(35-41)49-16-9-11-19-54(49)59(55)42-31-37-30-38(33-42)34-43(59)32-37/h3-29,35-39,42-43H,30-34H2,1-2H3;3-29,35-38,42-43H,30-34H2,1-2H3. The summed E-state index contributed by atoms with van der Waals surface area (Å²) >= 11 is 0. The molecule has 1 heterocycles. The van der Waals surface area contributed by atoms with Crippen molar-refractivity contribution < 1.29 is 0 Å². The van der Waals surface area contributed by atoms with Crippen molar-refractivity contribution in [2.45, 2.75) is 114 Å². The molecule has 0 aliphatic heterocycles. The molecule has 0 atom stereocenters. The summed E-state index contributed by atoms with van der Waals surface area (Å²) in [6.07, 6.45) is 14.3. The number of anilines is 6. The summed E-state index contributed by atoms with van der Waals surface area (Å²) in [6, 6.07) is 136. The highest BCUT2D eigenvalue weighted by Crippen LogP contribution is 2.72. The first-order valence-electron chi connectivity index (χ1n) is 45.9. The van der Waals surface area contributed by atoms with Gasteiger partial charge < -0.3 is 14.4 Å². The van der Waals surface area contributed by atoms with Gasteiger partial charge in [-0.25, -0.2) is 0 Å². The van der Waals surface area contributed by atoms with E-state index in [0.29, 0.717) is 0 Å². The summed E-state index contributed by atoms with van der Waals surface area (Å²) in [5, 5.41) is 5.04. The van der Waals surface area contributed by atoms with E-state index in [-0.39, 0.29) is 21.7 Å². The minimum absolute atomic E-state index is 0.0991. The van der Waals surface area contributed by atoms with E-state index in [1.807, 2.05) is 0 Å². The van der Waals surface area contributed by atoms with Gasteiger partial charge in [0.25, 0.3) is 0 Å². The van der Waals surface area contributed by atoms with E-state index in [1.165, 1.54) is 208 Å². The number of benzene rings is 16. The molecule has 0 N–H and O–H groups in total. The molecule has 3 nitrogen and oxygen atoms in total. The minimum Gasteiger partial charge on any atom is -0.310 e. The van der Waals surface area contributed by atoms with Gasteiger partial charge in [-0.3, -0.25) is 0 Å². The van der Waals surface area contributed by atoms with Crippen LogP contribution < -0.4 is 9.80 Å². The second-order valence-corrected chi connectivity index (χ2v) is 39.5. The van der Waals surface area contributed by atoms with Crippen LogP contribution >= 0.6 is 0 Å². The van der Waals surface area contributed by atoms with E-state index in [0.717, 1.165) is 75.8 Å². The SMILES string of the molecule is CC1(C)c2ccccc2-c2ccc(N(c3ccc(-c4ccc5c(c4)-c4ccccc4C54C5CC6CC(C5)CC4C6)cc3)c3ccc(-c4ccccc4)c4ccccc34)cc21.CC1(C)c2ccccc2-c2ccc(N(c3ccc(-c4ccc5c(c4)-c4ccccc4C54C5CC6CC(C5)CC4C6)cc3)c3cccc(-n4c5ccccc5c5ccccc54)c3)cc21. The molecule has 3 heteroatoms. The summed E-state index contributed by atoms with van der Waals surface area (Å²) in [4.78, 5) is 4.96. The van der Waals surface area contributed by atoms with Crippen LogP contribution in [0, 0.1) is 47.3 Å². The Bertz CT molecular complexity index is 7120. The molecule has 8 fully saturated rings. The second kappa shape index (κ2) is 26.8. The molecule has 0 unspecified atom stereocenters. The quantitative estimate of drug-likeness (QED) is 0.135. The summed E-state index contributed by atoms with van der Waals surface area (Å²) in [6.45, 7) is 9.52. The van der Waals surface area contributed by atoms with E-state index < -0.39 is 0 Å². The fraction of sp³-hybridized carbons (Fsp3) is 0.217. The largest absolute Gasteiger partial charge is 0.310 e. The van der Waals surface area contributed by atoms with Crippen LogP contribution in [0.25, 0.3) is 116 Å². The van der Waals surface area contributed by atoms with Crippen molar-refractivity contribution in [3.63, 3.8) is 0 Å². The van der Waals surface area contributed by atoms with Crippen molar-refractivity contribution in [2.75, 3.05) is 9.80 Å². The van der Waals surface area contributed by atoms with E-state index in [4.69, 9.17) is 0 Å². The van der Waals surface area contributed by atoms with Crippen molar-refractivity contribution in [3.8, 4) is 83.6 Å². The number of para-hydroxylation sites is 2. The fourth-order valence-electron chi connectivity index (χ4n) is 28.1. The van der Waals surface area contributed by atoms with Gasteiger partial charge >= 0.3 is 0 Å². The Kier molecular flexibility index (Phi) is 15.7. The third-order valence-electron chi connectivity index (χ3n) is 32.8. The average molecular weight is 1580 g/mol. The molecule has 8 saturated carbocycles. The van der Waals surface area contributed by atoms with Gasteiger partial charge in [-0.1, -0.05) is 289 Å². The van der Waals surface area contributed by atoms with Gasteiger partial charge in [0.2, 0.25) is 0 Å². The molecule has 594 valence electrons. The molecule has 8 bridgehead atoms. The second-order valence-electron chi connectivity index (χ2n) is 39.5. The van der Waals surface area contributed by atoms with Gasteiger partial charge in [-0.2, -0.15) is 0 Å². The average Bonchev–Trinajstić information content (AvgIpc) is 1.58. The zero-order valence-electron chi connectivity index (χ0n) is 70.6. The number of fused-ring (bicyclic) bond motifs is 16. The van der Waals surface area contributed by atoms with Crippen LogP contribution in [0.1, 0.15) is 136 Å². The Hall–Kier alpha value is -12.8. The highest BCUT2D eigenvalue weighted by molar-refractivity contribution is 6.10. The molecular formula is C120H99N3. The molecule has 12 aliphatic carbocycles. The first-order valence-corrected chi connectivity index (χ1v) is 45.9. The van der Waals surface area contributed by atoms with Crippen LogP contribution in [0.3, 0.4) is 0 Å². The van der Waals surface area contributed by atoms with Crippen molar-refractivity contribution in [1.82, 2.24) is 4.57 Å². The molecule has 0 saturated heterocycles. The summed E-state index contributed by atoms with van der Waals surface area (Å²) in [7, 11) is 0. The predicted octanol–water partition coefficient (Wildman–Crippen LogP) is 31.6. The van der Waals surface area contributed by atoms with Crippen LogP contribution in [0.5, 0.6) is 0 Å². The number of hydrogen-bond donors (Lipinski definition) is 0. The fourth-order valence-corrected chi connectivity index (χ4v) is 28.1. The molecular weight excluding hydrogens is 1480 g/mol. The van der Waals surface area contributed by atoms with E-state index >= 15 is 0 Å². The number of aromatic nitrogens is 1. The zero-order chi connectivity index (χ0) is 81.3.